The van der Waals surface area contributed by atoms with Crippen LogP contribution in [0, 0.1) is 5.82 Å². The van der Waals surface area contributed by atoms with Gasteiger partial charge in [0.2, 0.25) is 0 Å². The van der Waals surface area contributed by atoms with Gasteiger partial charge in [0.05, 0.1) is 17.8 Å². The number of amides is 1. The zero-order chi connectivity index (χ0) is 17.1. The fourth-order valence-electron chi connectivity index (χ4n) is 2.91. The van der Waals surface area contributed by atoms with Crippen molar-refractivity contribution in [2.75, 3.05) is 13.1 Å². The Balaban J connectivity index is 1.93. The van der Waals surface area contributed by atoms with E-state index in [1.165, 1.54) is 23.5 Å². The molecule has 1 aliphatic rings. The molecule has 0 radical (unpaired) electrons. The van der Waals surface area contributed by atoms with E-state index < -0.39 is 0 Å². The molecule has 1 saturated heterocycles. The Morgan fingerprint density at radius 3 is 2.46 bits per heavy atom. The van der Waals surface area contributed by atoms with Crippen LogP contribution in [-0.4, -0.2) is 36.1 Å². The van der Waals surface area contributed by atoms with Crippen LogP contribution < -0.4 is 0 Å². The van der Waals surface area contributed by atoms with Gasteiger partial charge in [0, 0.05) is 18.0 Å². The van der Waals surface area contributed by atoms with Crippen molar-refractivity contribution in [3.8, 4) is 0 Å². The predicted molar refractivity (Wildman–Crippen MR) is 95.2 cm³/mol. The van der Waals surface area contributed by atoms with Gasteiger partial charge in [0.25, 0.3) is 5.91 Å². The van der Waals surface area contributed by atoms with Gasteiger partial charge in [0.1, 0.15) is 5.82 Å². The maximum absolute atomic E-state index is 13.1. The Kier molecular flexibility index (Phi) is 5.11. The summed E-state index contributed by atoms with van der Waals surface area (Å²) in [5, 5.41) is 1.95. The van der Waals surface area contributed by atoms with E-state index in [4.69, 9.17) is 4.74 Å². The van der Waals surface area contributed by atoms with Gasteiger partial charge in [-0.1, -0.05) is 18.2 Å². The molecule has 24 heavy (non-hydrogen) atoms. The van der Waals surface area contributed by atoms with Crippen LogP contribution in [-0.2, 0) is 9.53 Å². The Morgan fingerprint density at radius 2 is 1.88 bits per heavy atom. The van der Waals surface area contributed by atoms with E-state index in [1.807, 2.05) is 42.3 Å². The van der Waals surface area contributed by atoms with Gasteiger partial charge in [-0.3, -0.25) is 4.79 Å². The molecule has 0 aliphatic carbocycles. The van der Waals surface area contributed by atoms with E-state index in [-0.39, 0.29) is 23.9 Å². The maximum atomic E-state index is 13.1. The first kappa shape index (κ1) is 16.9. The molecule has 3 rings (SSSR count). The molecule has 5 heteroatoms. The summed E-state index contributed by atoms with van der Waals surface area (Å²) in [5.74, 6) is -0.296. The lowest BCUT2D eigenvalue weighted by Gasteiger charge is -2.35. The highest BCUT2D eigenvalue weighted by atomic mass is 32.1. The largest absolute Gasteiger partial charge is 0.372 e. The van der Waals surface area contributed by atoms with Crippen LogP contribution in [0.1, 0.15) is 24.3 Å². The molecule has 0 bridgehead atoms. The highest BCUT2D eigenvalue weighted by Crippen LogP contribution is 2.26. The van der Waals surface area contributed by atoms with Crippen molar-refractivity contribution in [1.82, 2.24) is 4.90 Å². The normalized spacial score (nSPS) is 21.8. The molecule has 1 aliphatic heterocycles. The van der Waals surface area contributed by atoms with Crippen LogP contribution in [0.3, 0.4) is 0 Å². The zero-order valence-corrected chi connectivity index (χ0v) is 14.6. The second-order valence-electron chi connectivity index (χ2n) is 6.05. The topological polar surface area (TPSA) is 29.5 Å². The van der Waals surface area contributed by atoms with Crippen molar-refractivity contribution in [3.63, 3.8) is 0 Å². The number of morpholine rings is 1. The minimum Gasteiger partial charge on any atom is -0.372 e. The Hall–Kier alpha value is -1.98. The van der Waals surface area contributed by atoms with E-state index in [1.54, 1.807) is 12.1 Å². The third-order valence-electron chi connectivity index (χ3n) is 3.90. The highest BCUT2D eigenvalue weighted by molar-refractivity contribution is 7.11. The van der Waals surface area contributed by atoms with Crippen LogP contribution in [0.5, 0.6) is 0 Å². The van der Waals surface area contributed by atoms with Crippen molar-refractivity contribution in [2.24, 2.45) is 0 Å². The van der Waals surface area contributed by atoms with Crippen molar-refractivity contribution < 1.29 is 13.9 Å². The lowest BCUT2D eigenvalue weighted by atomic mass is 10.1. The lowest BCUT2D eigenvalue weighted by Crippen LogP contribution is -2.48. The molecule has 1 aromatic carbocycles. The van der Waals surface area contributed by atoms with E-state index in [0.717, 1.165) is 10.4 Å². The fourth-order valence-corrected chi connectivity index (χ4v) is 3.64. The van der Waals surface area contributed by atoms with Crippen LogP contribution in [0.15, 0.2) is 41.8 Å². The van der Waals surface area contributed by atoms with E-state index in [0.29, 0.717) is 18.7 Å². The lowest BCUT2D eigenvalue weighted by molar-refractivity contribution is -0.136. The van der Waals surface area contributed by atoms with E-state index >= 15 is 0 Å². The second kappa shape index (κ2) is 7.28. The second-order valence-corrected chi connectivity index (χ2v) is 7.00. The number of thiophene rings is 1. The number of carbonyl (C=O) groups excluding carboxylic acids is 1. The number of ether oxygens (including phenoxy) is 1. The molecule has 1 fully saturated rings. The average Bonchev–Trinajstić information content (AvgIpc) is 3.07. The van der Waals surface area contributed by atoms with Gasteiger partial charge < -0.3 is 9.64 Å². The summed E-state index contributed by atoms with van der Waals surface area (Å²) < 4.78 is 18.8. The number of benzene rings is 1. The monoisotopic (exact) mass is 345 g/mol. The average molecular weight is 345 g/mol. The van der Waals surface area contributed by atoms with Gasteiger partial charge in [-0.25, -0.2) is 4.39 Å². The summed E-state index contributed by atoms with van der Waals surface area (Å²) in [6, 6.07) is 10.0. The quantitative estimate of drug-likeness (QED) is 0.785. The first-order valence-electron chi connectivity index (χ1n) is 7.99. The van der Waals surface area contributed by atoms with Gasteiger partial charge in [-0.15, -0.1) is 11.3 Å². The molecule has 126 valence electrons. The summed E-state index contributed by atoms with van der Waals surface area (Å²) >= 11 is 1.53. The Labute approximate surface area is 145 Å². The van der Waals surface area contributed by atoms with Gasteiger partial charge in [-0.2, -0.15) is 0 Å². The summed E-state index contributed by atoms with van der Waals surface area (Å²) in [7, 11) is 0. The third-order valence-corrected chi connectivity index (χ3v) is 4.81. The van der Waals surface area contributed by atoms with Crippen LogP contribution >= 0.6 is 11.3 Å². The number of nitrogens with zero attached hydrogens (tertiary/aromatic N) is 1. The molecule has 2 heterocycles. The highest BCUT2D eigenvalue weighted by Gasteiger charge is 2.28. The number of hydrogen-bond acceptors (Lipinski definition) is 3. The minimum atomic E-state index is -0.285. The molecule has 0 saturated carbocycles. The molecule has 1 aromatic heterocycles. The molecule has 1 amide bonds. The smallest absolute Gasteiger partial charge is 0.255 e. The summed E-state index contributed by atoms with van der Waals surface area (Å²) in [5.41, 5.74) is 1.44. The summed E-state index contributed by atoms with van der Waals surface area (Å²) in [6.07, 6.45) is 1.87. The Morgan fingerprint density at radius 1 is 1.21 bits per heavy atom. The molecule has 2 unspecified atom stereocenters. The van der Waals surface area contributed by atoms with E-state index in [9.17, 15) is 9.18 Å². The van der Waals surface area contributed by atoms with Crippen LogP contribution in [0.25, 0.3) is 11.6 Å². The molecular formula is C19H20FNO2S. The van der Waals surface area contributed by atoms with Crippen molar-refractivity contribution in [3.05, 3.63) is 58.0 Å². The number of hydrogen-bond donors (Lipinski definition) is 0. The van der Waals surface area contributed by atoms with Crippen LogP contribution in [0.2, 0.25) is 0 Å². The predicted octanol–water partition coefficient (Wildman–Crippen LogP) is 4.06. The molecule has 2 aromatic rings. The number of rotatable bonds is 3. The van der Waals surface area contributed by atoms with Gasteiger partial charge in [0.15, 0.2) is 0 Å². The van der Waals surface area contributed by atoms with Gasteiger partial charge >= 0.3 is 0 Å². The fraction of sp³-hybridized carbons (Fsp3) is 0.316. The molecular weight excluding hydrogens is 325 g/mol. The Bertz CT molecular complexity index is 714. The first-order chi connectivity index (χ1) is 11.5. The zero-order valence-electron chi connectivity index (χ0n) is 13.7. The first-order valence-corrected chi connectivity index (χ1v) is 8.87. The van der Waals surface area contributed by atoms with Crippen LogP contribution in [0.4, 0.5) is 4.39 Å². The molecule has 0 spiro atoms. The molecule has 2 atom stereocenters. The number of carbonyl (C=O) groups is 1. The van der Waals surface area contributed by atoms with E-state index in [2.05, 4.69) is 0 Å². The SMILES string of the molecule is CC1CN(C(=O)/C(=C/c2ccc(F)cc2)c2cccs2)CC(C)O1. The number of halogens is 1. The summed E-state index contributed by atoms with van der Waals surface area (Å²) in [6.45, 7) is 5.11. The molecule has 0 N–H and O–H groups in total. The maximum Gasteiger partial charge on any atom is 0.255 e. The van der Waals surface area contributed by atoms with Crippen molar-refractivity contribution >= 4 is 28.9 Å². The third kappa shape index (κ3) is 3.91. The summed E-state index contributed by atoms with van der Waals surface area (Å²) in [4.78, 5) is 15.8. The standard InChI is InChI=1S/C19H20FNO2S/c1-13-11-21(12-14(2)23-13)19(22)17(18-4-3-9-24-18)10-15-5-7-16(20)8-6-15/h3-10,13-14H,11-12H2,1-2H3/b17-10+. The van der Waals surface area contributed by atoms with Crippen molar-refractivity contribution in [2.45, 2.75) is 26.1 Å². The van der Waals surface area contributed by atoms with Crippen molar-refractivity contribution in [1.29, 1.82) is 0 Å². The molecule has 3 nitrogen and oxygen atoms in total. The minimum absolute atomic E-state index is 0.0104. The van der Waals surface area contributed by atoms with Gasteiger partial charge in [-0.05, 0) is 49.1 Å².